The first-order chi connectivity index (χ1) is 13.0. The van der Waals surface area contributed by atoms with Gasteiger partial charge in [0, 0.05) is 17.2 Å². The number of benzene rings is 2. The topological polar surface area (TPSA) is 101 Å². The Kier molecular flexibility index (Phi) is 4.63. The molecule has 0 aliphatic heterocycles. The van der Waals surface area contributed by atoms with E-state index in [1.807, 2.05) is 0 Å². The van der Waals surface area contributed by atoms with Crippen molar-refractivity contribution >= 4 is 38.1 Å². The van der Waals surface area contributed by atoms with Crippen LogP contribution in [0.2, 0.25) is 0 Å². The van der Waals surface area contributed by atoms with Gasteiger partial charge in [0.1, 0.15) is 5.01 Å². The van der Waals surface area contributed by atoms with Crippen LogP contribution in [-0.2, 0) is 10.0 Å². The first-order valence-electron chi connectivity index (χ1n) is 8.34. The lowest BCUT2D eigenvalue weighted by atomic mass is 10.2. The van der Waals surface area contributed by atoms with Gasteiger partial charge in [-0.15, -0.1) is 10.2 Å². The van der Waals surface area contributed by atoms with Gasteiger partial charge in [-0.2, -0.15) is 0 Å². The molecule has 0 spiro atoms. The molecule has 0 bridgehead atoms. The number of sulfonamides is 1. The first-order valence-corrected chi connectivity index (χ1v) is 10.6. The molecule has 1 heterocycles. The van der Waals surface area contributed by atoms with Crippen LogP contribution in [0.3, 0.4) is 0 Å². The molecule has 2 aromatic carbocycles. The lowest BCUT2D eigenvalue weighted by Gasteiger charge is -2.09. The summed E-state index contributed by atoms with van der Waals surface area (Å²) in [4.78, 5) is 12.6. The molecule has 138 valence electrons. The fraction of sp³-hybridized carbons (Fsp3) is 0.167. The molecule has 4 rings (SSSR count). The highest BCUT2D eigenvalue weighted by Crippen LogP contribution is 2.42. The van der Waals surface area contributed by atoms with Crippen LogP contribution >= 0.6 is 11.3 Å². The van der Waals surface area contributed by atoms with Crippen molar-refractivity contribution in [3.8, 4) is 0 Å². The predicted molar refractivity (Wildman–Crippen MR) is 104 cm³/mol. The second-order valence-electron chi connectivity index (χ2n) is 6.17. The maximum absolute atomic E-state index is 12.4. The van der Waals surface area contributed by atoms with E-state index in [1.54, 1.807) is 36.4 Å². The average Bonchev–Trinajstić information content (AvgIpc) is 3.42. The Bertz CT molecular complexity index is 1080. The summed E-state index contributed by atoms with van der Waals surface area (Å²) in [6.07, 6.45) is 2.23. The molecular weight excluding hydrogens is 384 g/mol. The Morgan fingerprint density at radius 2 is 1.81 bits per heavy atom. The van der Waals surface area contributed by atoms with Crippen molar-refractivity contribution in [3.63, 3.8) is 0 Å². The third kappa shape index (κ3) is 4.15. The van der Waals surface area contributed by atoms with Crippen LogP contribution in [0.1, 0.15) is 34.1 Å². The highest BCUT2D eigenvalue weighted by atomic mass is 32.2. The van der Waals surface area contributed by atoms with Crippen molar-refractivity contribution in [2.75, 3.05) is 10.0 Å². The smallest absolute Gasteiger partial charge is 0.261 e. The van der Waals surface area contributed by atoms with E-state index in [9.17, 15) is 13.2 Å². The number of aromatic nitrogens is 2. The monoisotopic (exact) mass is 400 g/mol. The van der Waals surface area contributed by atoms with E-state index in [1.165, 1.54) is 29.5 Å². The molecular formula is C18H16N4O3S2. The molecule has 0 radical (unpaired) electrons. The Labute approximate surface area is 160 Å². The molecule has 7 nitrogen and oxygen atoms in total. The SMILES string of the molecule is O=C(Nc1nnc(C2CC2)s1)c1cccc(NS(=O)(=O)c2ccccc2)c1. The lowest BCUT2D eigenvalue weighted by Crippen LogP contribution is -2.15. The van der Waals surface area contributed by atoms with E-state index >= 15 is 0 Å². The highest BCUT2D eigenvalue weighted by molar-refractivity contribution is 7.92. The van der Waals surface area contributed by atoms with Crippen LogP contribution in [0.25, 0.3) is 0 Å². The minimum atomic E-state index is -3.72. The predicted octanol–water partition coefficient (Wildman–Crippen LogP) is 3.47. The minimum absolute atomic E-state index is 0.154. The zero-order chi connectivity index (χ0) is 18.9. The Hall–Kier alpha value is -2.78. The molecule has 0 atom stereocenters. The average molecular weight is 400 g/mol. The molecule has 1 aliphatic carbocycles. The Morgan fingerprint density at radius 3 is 2.56 bits per heavy atom. The van der Waals surface area contributed by atoms with Gasteiger partial charge in [-0.1, -0.05) is 35.6 Å². The number of anilines is 2. The zero-order valence-corrected chi connectivity index (χ0v) is 15.8. The van der Waals surface area contributed by atoms with Gasteiger partial charge in [0.05, 0.1) is 4.90 Å². The van der Waals surface area contributed by atoms with Gasteiger partial charge >= 0.3 is 0 Å². The molecule has 1 aromatic heterocycles. The minimum Gasteiger partial charge on any atom is -0.296 e. The van der Waals surface area contributed by atoms with E-state index in [-0.39, 0.29) is 10.8 Å². The summed E-state index contributed by atoms with van der Waals surface area (Å²) in [6.45, 7) is 0. The normalized spacial score (nSPS) is 13.9. The van der Waals surface area contributed by atoms with Gasteiger partial charge in [0.25, 0.3) is 15.9 Å². The van der Waals surface area contributed by atoms with Gasteiger partial charge in [-0.3, -0.25) is 14.8 Å². The molecule has 0 unspecified atom stereocenters. The number of rotatable bonds is 6. The van der Waals surface area contributed by atoms with Crippen LogP contribution in [0.4, 0.5) is 10.8 Å². The van der Waals surface area contributed by atoms with Gasteiger partial charge < -0.3 is 0 Å². The Morgan fingerprint density at radius 1 is 1.04 bits per heavy atom. The van der Waals surface area contributed by atoms with Crippen LogP contribution in [-0.4, -0.2) is 24.5 Å². The third-order valence-corrected chi connectivity index (χ3v) is 6.42. The number of hydrogen-bond donors (Lipinski definition) is 2. The quantitative estimate of drug-likeness (QED) is 0.660. The lowest BCUT2D eigenvalue weighted by molar-refractivity contribution is 0.102. The van der Waals surface area contributed by atoms with Crippen LogP contribution in [0, 0.1) is 0 Å². The number of nitrogens with zero attached hydrogens (tertiary/aromatic N) is 2. The second kappa shape index (κ2) is 7.09. The van der Waals surface area contributed by atoms with Crippen molar-refractivity contribution in [2.45, 2.75) is 23.7 Å². The van der Waals surface area contributed by atoms with Crippen LogP contribution < -0.4 is 10.0 Å². The molecule has 3 aromatic rings. The molecule has 1 fully saturated rings. The fourth-order valence-electron chi connectivity index (χ4n) is 2.49. The van der Waals surface area contributed by atoms with Gasteiger partial charge in [-0.05, 0) is 43.2 Å². The number of nitrogens with one attached hydrogen (secondary N) is 2. The summed E-state index contributed by atoms with van der Waals surface area (Å²) in [7, 11) is -3.72. The number of hydrogen-bond acceptors (Lipinski definition) is 6. The van der Waals surface area contributed by atoms with Crippen molar-refractivity contribution in [2.24, 2.45) is 0 Å². The number of carbonyl (C=O) groups excluding carboxylic acids is 1. The molecule has 1 saturated carbocycles. The van der Waals surface area contributed by atoms with Crippen molar-refractivity contribution < 1.29 is 13.2 Å². The van der Waals surface area contributed by atoms with E-state index in [4.69, 9.17) is 0 Å². The van der Waals surface area contributed by atoms with Crippen molar-refractivity contribution in [1.29, 1.82) is 0 Å². The summed E-state index contributed by atoms with van der Waals surface area (Å²) in [6, 6.07) is 14.4. The van der Waals surface area contributed by atoms with Crippen molar-refractivity contribution in [3.05, 3.63) is 65.2 Å². The standard InChI is InChI=1S/C18H16N4O3S2/c23-16(19-18-21-20-17(26-18)12-9-10-12)13-5-4-6-14(11-13)22-27(24,25)15-7-2-1-3-8-15/h1-8,11-12,22H,9-10H2,(H,19,21,23). The summed E-state index contributed by atoms with van der Waals surface area (Å²) < 4.78 is 27.3. The van der Waals surface area contributed by atoms with Gasteiger partial charge in [-0.25, -0.2) is 8.42 Å². The summed E-state index contributed by atoms with van der Waals surface area (Å²) >= 11 is 1.37. The zero-order valence-electron chi connectivity index (χ0n) is 14.1. The molecule has 27 heavy (non-hydrogen) atoms. The Balaban J connectivity index is 1.48. The molecule has 9 heteroatoms. The molecule has 1 amide bonds. The number of carbonyl (C=O) groups is 1. The fourth-order valence-corrected chi connectivity index (χ4v) is 4.47. The molecule has 0 saturated heterocycles. The van der Waals surface area contributed by atoms with Gasteiger partial charge in [0.15, 0.2) is 0 Å². The largest absolute Gasteiger partial charge is 0.296 e. The third-order valence-electron chi connectivity index (χ3n) is 4.02. The molecule has 2 N–H and O–H groups in total. The maximum atomic E-state index is 12.4. The summed E-state index contributed by atoms with van der Waals surface area (Å²) in [5.41, 5.74) is 0.633. The van der Waals surface area contributed by atoms with E-state index in [0.29, 0.717) is 22.3 Å². The van der Waals surface area contributed by atoms with Crippen LogP contribution in [0.5, 0.6) is 0 Å². The van der Waals surface area contributed by atoms with E-state index in [2.05, 4.69) is 20.2 Å². The number of amides is 1. The van der Waals surface area contributed by atoms with Gasteiger partial charge in [0.2, 0.25) is 5.13 Å². The molecule has 1 aliphatic rings. The van der Waals surface area contributed by atoms with Crippen molar-refractivity contribution in [1.82, 2.24) is 10.2 Å². The van der Waals surface area contributed by atoms with E-state index < -0.39 is 10.0 Å². The van der Waals surface area contributed by atoms with E-state index in [0.717, 1.165) is 17.8 Å². The first kappa shape index (κ1) is 17.6. The summed E-state index contributed by atoms with van der Waals surface area (Å²) in [5, 5.41) is 12.2. The highest BCUT2D eigenvalue weighted by Gasteiger charge is 2.27. The second-order valence-corrected chi connectivity index (χ2v) is 8.86. The van der Waals surface area contributed by atoms with Crippen LogP contribution in [0.15, 0.2) is 59.5 Å². The maximum Gasteiger partial charge on any atom is 0.261 e. The summed E-state index contributed by atoms with van der Waals surface area (Å²) in [5.74, 6) is 0.109.